The molecule has 6 heteroatoms. The third kappa shape index (κ3) is 4.53. The minimum Gasteiger partial charge on any atom is -0.393 e. The monoisotopic (exact) mass is 400 g/mol. The summed E-state index contributed by atoms with van der Waals surface area (Å²) in [6.07, 6.45) is -1.59. The summed E-state index contributed by atoms with van der Waals surface area (Å²) in [6.45, 7) is 4.38. The number of hydrogen-bond donors (Lipinski definition) is 1. The van der Waals surface area contributed by atoms with E-state index in [-0.39, 0.29) is 13.2 Å². The fourth-order valence-electron chi connectivity index (χ4n) is 3.86. The first kappa shape index (κ1) is 20.5. The zero-order valence-corrected chi connectivity index (χ0v) is 16.8. The molecule has 6 nitrogen and oxygen atoms in total. The molecule has 4 atom stereocenters. The molecule has 2 fully saturated rings. The van der Waals surface area contributed by atoms with Gasteiger partial charge < -0.3 is 28.8 Å². The van der Waals surface area contributed by atoms with Gasteiger partial charge in [-0.25, -0.2) is 0 Å². The smallest absolute Gasteiger partial charge is 0.190 e. The van der Waals surface area contributed by atoms with E-state index in [9.17, 15) is 5.11 Å². The Kier molecular flexibility index (Phi) is 6.01. The first-order valence-corrected chi connectivity index (χ1v) is 9.93. The van der Waals surface area contributed by atoms with Crippen LogP contribution in [-0.2, 0) is 36.9 Å². The predicted molar refractivity (Wildman–Crippen MR) is 106 cm³/mol. The summed E-state index contributed by atoms with van der Waals surface area (Å²) in [5.41, 5.74) is 1.02. The summed E-state index contributed by atoms with van der Waals surface area (Å²) in [5.74, 6) is -0.768. The second-order valence-electron chi connectivity index (χ2n) is 8.00. The van der Waals surface area contributed by atoms with Gasteiger partial charge in [0.05, 0.1) is 26.4 Å². The van der Waals surface area contributed by atoms with E-state index in [1.54, 1.807) is 0 Å². The van der Waals surface area contributed by atoms with E-state index in [2.05, 4.69) is 0 Å². The van der Waals surface area contributed by atoms with Gasteiger partial charge in [-0.3, -0.25) is 0 Å². The molecule has 0 aliphatic carbocycles. The van der Waals surface area contributed by atoms with Crippen LogP contribution < -0.4 is 0 Å². The van der Waals surface area contributed by atoms with Gasteiger partial charge in [0.15, 0.2) is 12.1 Å². The van der Waals surface area contributed by atoms with Crippen LogP contribution in [0.2, 0.25) is 0 Å². The average Bonchev–Trinajstić information content (AvgIpc) is 3.17. The Hall–Kier alpha value is -1.80. The largest absolute Gasteiger partial charge is 0.393 e. The van der Waals surface area contributed by atoms with E-state index in [4.69, 9.17) is 23.7 Å². The molecule has 156 valence electrons. The Morgan fingerprint density at radius 1 is 0.862 bits per heavy atom. The minimum absolute atomic E-state index is 0.165. The maximum absolute atomic E-state index is 10.3. The number of hydrogen-bond acceptors (Lipinski definition) is 6. The third-order valence-corrected chi connectivity index (χ3v) is 5.25. The predicted octanol–water partition coefficient (Wildman–Crippen LogP) is 3.03. The number of fused-ring (bicyclic) bond motifs is 1. The van der Waals surface area contributed by atoms with Gasteiger partial charge in [0.25, 0.3) is 0 Å². The van der Waals surface area contributed by atoms with Crippen LogP contribution in [0.15, 0.2) is 60.7 Å². The van der Waals surface area contributed by atoms with Crippen molar-refractivity contribution in [1.29, 1.82) is 0 Å². The molecule has 1 N–H and O–H groups in total. The third-order valence-electron chi connectivity index (χ3n) is 5.25. The summed E-state index contributed by atoms with van der Waals surface area (Å²) in [5, 5.41) is 10.3. The van der Waals surface area contributed by atoms with Crippen LogP contribution in [0.25, 0.3) is 0 Å². The van der Waals surface area contributed by atoms with Crippen LogP contribution in [-0.4, -0.2) is 48.2 Å². The van der Waals surface area contributed by atoms with E-state index in [0.717, 1.165) is 11.1 Å². The molecule has 2 saturated heterocycles. The minimum atomic E-state index is -1.06. The maximum atomic E-state index is 10.3. The van der Waals surface area contributed by atoms with Crippen molar-refractivity contribution in [2.24, 2.45) is 0 Å². The van der Waals surface area contributed by atoms with E-state index in [1.165, 1.54) is 0 Å². The molecule has 0 unspecified atom stereocenters. The van der Waals surface area contributed by atoms with E-state index < -0.39 is 29.9 Å². The van der Waals surface area contributed by atoms with Gasteiger partial charge in [0.2, 0.25) is 0 Å². The zero-order valence-electron chi connectivity index (χ0n) is 16.8. The van der Waals surface area contributed by atoms with Gasteiger partial charge >= 0.3 is 0 Å². The molecule has 0 amide bonds. The van der Waals surface area contributed by atoms with Crippen LogP contribution in [0, 0.1) is 0 Å². The molecule has 29 heavy (non-hydrogen) atoms. The van der Waals surface area contributed by atoms with Crippen molar-refractivity contribution in [1.82, 2.24) is 0 Å². The van der Waals surface area contributed by atoms with E-state index >= 15 is 0 Å². The second-order valence-corrected chi connectivity index (χ2v) is 8.00. The molecule has 0 saturated carbocycles. The summed E-state index contributed by atoms with van der Waals surface area (Å²) in [4.78, 5) is 0. The summed E-state index contributed by atoms with van der Waals surface area (Å²) < 4.78 is 30.2. The van der Waals surface area contributed by atoms with Gasteiger partial charge in [-0.05, 0) is 25.0 Å². The van der Waals surface area contributed by atoms with Crippen LogP contribution in [0.5, 0.6) is 0 Å². The van der Waals surface area contributed by atoms with Gasteiger partial charge in [-0.2, -0.15) is 0 Å². The van der Waals surface area contributed by atoms with Crippen LogP contribution in [0.4, 0.5) is 0 Å². The Labute approximate surface area is 171 Å². The number of aliphatic hydroxyl groups excluding tert-OH is 1. The Balaban J connectivity index is 1.48. The number of benzene rings is 2. The molecule has 4 rings (SSSR count). The highest BCUT2D eigenvalue weighted by Gasteiger charge is 2.62. The summed E-state index contributed by atoms with van der Waals surface area (Å²) >= 11 is 0. The van der Waals surface area contributed by atoms with Crippen molar-refractivity contribution < 1.29 is 28.8 Å². The van der Waals surface area contributed by atoms with Crippen molar-refractivity contribution >= 4 is 0 Å². The lowest BCUT2D eigenvalue weighted by molar-refractivity contribution is -0.261. The highest BCUT2D eigenvalue weighted by atomic mass is 16.8. The first-order chi connectivity index (χ1) is 14.0. The molecule has 2 aromatic carbocycles. The quantitative estimate of drug-likeness (QED) is 0.735. The molecule has 2 aromatic rings. The average molecular weight is 400 g/mol. The number of ether oxygens (including phenoxy) is 5. The summed E-state index contributed by atoms with van der Waals surface area (Å²) in [6, 6.07) is 19.8. The van der Waals surface area contributed by atoms with Crippen molar-refractivity contribution in [2.75, 3.05) is 13.2 Å². The lowest BCUT2D eigenvalue weighted by Crippen LogP contribution is -2.52. The Morgan fingerprint density at radius 3 is 2.10 bits per heavy atom. The van der Waals surface area contributed by atoms with Crippen molar-refractivity contribution in [3.63, 3.8) is 0 Å². The zero-order chi connectivity index (χ0) is 20.3. The van der Waals surface area contributed by atoms with Gasteiger partial charge in [-0.1, -0.05) is 60.7 Å². The maximum Gasteiger partial charge on any atom is 0.190 e. The number of aliphatic hydroxyl groups is 1. The fraction of sp³-hybridized carbons (Fsp3) is 0.478. The molecule has 0 aromatic heterocycles. The van der Waals surface area contributed by atoms with Gasteiger partial charge in [0.1, 0.15) is 17.8 Å². The van der Waals surface area contributed by atoms with Gasteiger partial charge in [0, 0.05) is 0 Å². The van der Waals surface area contributed by atoms with E-state index in [0.29, 0.717) is 13.2 Å². The molecule has 0 bridgehead atoms. The Bertz CT molecular complexity index is 780. The highest BCUT2D eigenvalue weighted by molar-refractivity contribution is 5.15. The first-order valence-electron chi connectivity index (χ1n) is 9.93. The topological polar surface area (TPSA) is 66.4 Å². The second kappa shape index (κ2) is 8.52. The van der Waals surface area contributed by atoms with Crippen LogP contribution in [0.1, 0.15) is 25.0 Å². The molecular weight excluding hydrogens is 372 g/mol. The van der Waals surface area contributed by atoms with Crippen molar-refractivity contribution in [3.8, 4) is 0 Å². The summed E-state index contributed by atoms with van der Waals surface area (Å²) in [7, 11) is 0. The lowest BCUT2D eigenvalue weighted by Gasteiger charge is -2.35. The standard InChI is InChI=1S/C23H28O6/c1-22(2)27-19-20(26-14-18-11-7-4-8-12-18)23(15-24,29-21(19)28-22)16-25-13-17-9-5-3-6-10-17/h3-12,19-21,24H,13-16H2,1-2H3/t19-,20+,21+,23+/m1/s1. The van der Waals surface area contributed by atoms with Crippen molar-refractivity contribution in [2.45, 2.75) is 56.9 Å². The van der Waals surface area contributed by atoms with Crippen molar-refractivity contribution in [3.05, 3.63) is 71.8 Å². The number of rotatable bonds is 8. The highest BCUT2D eigenvalue weighted by Crippen LogP contribution is 2.44. The van der Waals surface area contributed by atoms with Gasteiger partial charge in [-0.15, -0.1) is 0 Å². The Morgan fingerprint density at radius 2 is 1.48 bits per heavy atom. The van der Waals surface area contributed by atoms with Crippen LogP contribution >= 0.6 is 0 Å². The normalized spacial score (nSPS) is 30.4. The SMILES string of the molecule is CC1(C)O[C@H]2O[C@@](CO)(COCc3ccccc3)[C@@H](OCc3ccccc3)[C@H]2O1. The molecule has 2 aliphatic heterocycles. The van der Waals surface area contributed by atoms with E-state index in [1.807, 2.05) is 74.5 Å². The fourth-order valence-corrected chi connectivity index (χ4v) is 3.86. The molecule has 2 aliphatic rings. The van der Waals surface area contributed by atoms with Crippen LogP contribution in [0.3, 0.4) is 0 Å². The molecule has 0 radical (unpaired) electrons. The molecule has 2 heterocycles. The molecule has 0 spiro atoms. The molecular formula is C23H28O6. The lowest BCUT2D eigenvalue weighted by atomic mass is 9.96.